The second-order valence-corrected chi connectivity index (χ2v) is 3.76. The zero-order valence-electron chi connectivity index (χ0n) is 10.6. The highest BCUT2D eigenvalue weighted by molar-refractivity contribution is 5.77. The molecule has 1 rings (SSSR count). The van der Waals surface area contributed by atoms with Gasteiger partial charge in [0.2, 0.25) is 0 Å². The van der Waals surface area contributed by atoms with Gasteiger partial charge in [-0.05, 0) is 24.5 Å². The van der Waals surface area contributed by atoms with Gasteiger partial charge in [-0.25, -0.2) is 0 Å². The second-order valence-electron chi connectivity index (χ2n) is 3.76. The van der Waals surface area contributed by atoms with E-state index in [1.54, 1.807) is 7.11 Å². The minimum Gasteiger partial charge on any atom is -0.496 e. The van der Waals surface area contributed by atoms with Crippen LogP contribution in [-0.2, 0) is 6.42 Å². The van der Waals surface area contributed by atoms with Gasteiger partial charge in [0.05, 0.1) is 7.11 Å². The Hall–Kier alpha value is -1.71. The SMILES string of the molecule is CCCN=C(N)NCCc1ccccc1OC. The molecule has 0 aromatic heterocycles. The Morgan fingerprint density at radius 1 is 1.41 bits per heavy atom. The fourth-order valence-corrected chi connectivity index (χ4v) is 1.52. The molecule has 0 aliphatic rings. The molecule has 94 valence electrons. The molecule has 0 heterocycles. The van der Waals surface area contributed by atoms with E-state index < -0.39 is 0 Å². The van der Waals surface area contributed by atoms with Crippen molar-refractivity contribution < 1.29 is 4.74 Å². The van der Waals surface area contributed by atoms with E-state index in [1.807, 2.05) is 18.2 Å². The lowest BCUT2D eigenvalue weighted by atomic mass is 10.1. The Labute approximate surface area is 103 Å². The third-order valence-electron chi connectivity index (χ3n) is 2.40. The molecule has 0 aliphatic heterocycles. The topological polar surface area (TPSA) is 59.6 Å². The van der Waals surface area contributed by atoms with E-state index in [4.69, 9.17) is 10.5 Å². The van der Waals surface area contributed by atoms with E-state index in [-0.39, 0.29) is 0 Å². The molecule has 0 atom stereocenters. The van der Waals surface area contributed by atoms with Crippen LogP contribution < -0.4 is 15.8 Å². The predicted octanol–water partition coefficient (Wildman–Crippen LogP) is 1.55. The number of ether oxygens (including phenoxy) is 1. The molecule has 0 amide bonds. The van der Waals surface area contributed by atoms with Crippen LogP contribution in [0.5, 0.6) is 5.75 Å². The normalized spacial score (nSPS) is 11.3. The average molecular weight is 235 g/mol. The van der Waals surface area contributed by atoms with E-state index in [9.17, 15) is 0 Å². The number of rotatable bonds is 6. The number of guanidine groups is 1. The number of hydrogen-bond acceptors (Lipinski definition) is 2. The van der Waals surface area contributed by atoms with Gasteiger partial charge < -0.3 is 15.8 Å². The van der Waals surface area contributed by atoms with Crippen LogP contribution in [0.15, 0.2) is 29.3 Å². The van der Waals surface area contributed by atoms with Gasteiger partial charge >= 0.3 is 0 Å². The van der Waals surface area contributed by atoms with Gasteiger partial charge in [-0.2, -0.15) is 0 Å². The number of aliphatic imine (C=N–C) groups is 1. The van der Waals surface area contributed by atoms with Crippen molar-refractivity contribution in [3.63, 3.8) is 0 Å². The lowest BCUT2D eigenvalue weighted by Gasteiger charge is -2.09. The van der Waals surface area contributed by atoms with Gasteiger partial charge in [0.25, 0.3) is 0 Å². The molecule has 0 saturated carbocycles. The van der Waals surface area contributed by atoms with Crippen LogP contribution in [0.25, 0.3) is 0 Å². The fourth-order valence-electron chi connectivity index (χ4n) is 1.52. The third kappa shape index (κ3) is 4.76. The number of para-hydroxylation sites is 1. The summed E-state index contributed by atoms with van der Waals surface area (Å²) < 4.78 is 5.28. The predicted molar refractivity (Wildman–Crippen MR) is 71.5 cm³/mol. The van der Waals surface area contributed by atoms with Gasteiger partial charge in [0.15, 0.2) is 5.96 Å². The summed E-state index contributed by atoms with van der Waals surface area (Å²) in [6.07, 6.45) is 1.88. The Balaban J connectivity index is 2.40. The Kier molecular flexibility index (Phi) is 5.93. The van der Waals surface area contributed by atoms with E-state index in [1.165, 1.54) is 5.56 Å². The first kappa shape index (κ1) is 13.4. The van der Waals surface area contributed by atoms with Crippen LogP contribution in [0.1, 0.15) is 18.9 Å². The number of nitrogens with two attached hydrogens (primary N) is 1. The summed E-state index contributed by atoms with van der Waals surface area (Å²) in [5.74, 6) is 1.43. The molecule has 0 saturated heterocycles. The molecule has 0 fully saturated rings. The molecule has 0 aliphatic carbocycles. The Morgan fingerprint density at radius 2 is 2.18 bits per heavy atom. The summed E-state index contributed by atoms with van der Waals surface area (Å²) in [4.78, 5) is 4.17. The highest BCUT2D eigenvalue weighted by atomic mass is 16.5. The quantitative estimate of drug-likeness (QED) is 0.581. The van der Waals surface area contributed by atoms with Gasteiger partial charge in [-0.15, -0.1) is 0 Å². The molecule has 1 aromatic carbocycles. The van der Waals surface area contributed by atoms with Crippen molar-refractivity contribution in [3.05, 3.63) is 29.8 Å². The monoisotopic (exact) mass is 235 g/mol. The van der Waals surface area contributed by atoms with Crippen molar-refractivity contribution in [2.24, 2.45) is 10.7 Å². The first-order valence-electron chi connectivity index (χ1n) is 5.93. The van der Waals surface area contributed by atoms with Crippen LogP contribution in [0.3, 0.4) is 0 Å². The molecule has 17 heavy (non-hydrogen) atoms. The zero-order valence-corrected chi connectivity index (χ0v) is 10.6. The minimum atomic E-state index is 0.516. The summed E-state index contributed by atoms with van der Waals surface area (Å²) in [5.41, 5.74) is 6.87. The molecular formula is C13H21N3O. The number of methoxy groups -OCH3 is 1. The van der Waals surface area contributed by atoms with Gasteiger partial charge in [-0.3, -0.25) is 4.99 Å². The maximum absolute atomic E-state index is 5.70. The van der Waals surface area contributed by atoms with Crippen molar-refractivity contribution >= 4 is 5.96 Å². The first-order chi connectivity index (χ1) is 8.27. The minimum absolute atomic E-state index is 0.516. The van der Waals surface area contributed by atoms with Crippen molar-refractivity contribution in [2.75, 3.05) is 20.2 Å². The molecule has 1 aromatic rings. The Morgan fingerprint density at radius 3 is 2.88 bits per heavy atom. The maximum atomic E-state index is 5.70. The van der Waals surface area contributed by atoms with Crippen molar-refractivity contribution in [1.82, 2.24) is 5.32 Å². The van der Waals surface area contributed by atoms with E-state index >= 15 is 0 Å². The smallest absolute Gasteiger partial charge is 0.188 e. The molecule has 4 heteroatoms. The van der Waals surface area contributed by atoms with Crippen molar-refractivity contribution in [3.8, 4) is 5.75 Å². The van der Waals surface area contributed by atoms with Crippen LogP contribution >= 0.6 is 0 Å². The first-order valence-corrected chi connectivity index (χ1v) is 5.93. The molecular weight excluding hydrogens is 214 g/mol. The average Bonchev–Trinajstić information content (AvgIpc) is 2.37. The van der Waals surface area contributed by atoms with E-state index in [2.05, 4.69) is 23.3 Å². The third-order valence-corrected chi connectivity index (χ3v) is 2.40. The van der Waals surface area contributed by atoms with Crippen LogP contribution in [0.4, 0.5) is 0 Å². The Bertz CT molecular complexity index is 363. The summed E-state index contributed by atoms with van der Waals surface area (Å²) in [6.45, 7) is 3.61. The summed E-state index contributed by atoms with van der Waals surface area (Å²) in [7, 11) is 1.68. The highest BCUT2D eigenvalue weighted by Crippen LogP contribution is 2.16. The van der Waals surface area contributed by atoms with Crippen molar-refractivity contribution in [1.29, 1.82) is 0 Å². The maximum Gasteiger partial charge on any atom is 0.188 e. The highest BCUT2D eigenvalue weighted by Gasteiger charge is 2.00. The summed E-state index contributed by atoms with van der Waals surface area (Å²) in [6, 6.07) is 7.99. The number of hydrogen-bond donors (Lipinski definition) is 2. The second kappa shape index (κ2) is 7.54. The molecule has 4 nitrogen and oxygen atoms in total. The lowest BCUT2D eigenvalue weighted by Crippen LogP contribution is -2.33. The van der Waals surface area contributed by atoms with Gasteiger partial charge in [-0.1, -0.05) is 25.1 Å². The van der Waals surface area contributed by atoms with Crippen LogP contribution in [0, 0.1) is 0 Å². The zero-order chi connectivity index (χ0) is 12.5. The largest absolute Gasteiger partial charge is 0.496 e. The molecule has 0 bridgehead atoms. The number of nitrogens with one attached hydrogen (secondary N) is 1. The fraction of sp³-hybridized carbons (Fsp3) is 0.462. The van der Waals surface area contributed by atoms with Crippen LogP contribution in [0.2, 0.25) is 0 Å². The lowest BCUT2D eigenvalue weighted by molar-refractivity contribution is 0.409. The van der Waals surface area contributed by atoms with Crippen LogP contribution in [-0.4, -0.2) is 26.2 Å². The molecule has 0 radical (unpaired) electrons. The number of nitrogens with zero attached hydrogens (tertiary/aromatic N) is 1. The standard InChI is InChI=1S/C13H21N3O/c1-3-9-15-13(14)16-10-8-11-6-4-5-7-12(11)17-2/h4-7H,3,8-10H2,1-2H3,(H3,14,15,16). The molecule has 3 N–H and O–H groups in total. The van der Waals surface area contributed by atoms with E-state index in [0.717, 1.165) is 31.7 Å². The molecule has 0 spiro atoms. The van der Waals surface area contributed by atoms with Gasteiger partial charge in [0, 0.05) is 13.1 Å². The molecule has 0 unspecified atom stereocenters. The van der Waals surface area contributed by atoms with E-state index in [0.29, 0.717) is 5.96 Å². The van der Waals surface area contributed by atoms with Gasteiger partial charge in [0.1, 0.15) is 5.75 Å². The van der Waals surface area contributed by atoms with Crippen molar-refractivity contribution in [2.45, 2.75) is 19.8 Å². The number of benzene rings is 1. The summed E-state index contributed by atoms with van der Waals surface area (Å²) in [5, 5.41) is 3.09. The summed E-state index contributed by atoms with van der Waals surface area (Å²) >= 11 is 0.